The molecule has 4 heteroatoms. The Morgan fingerprint density at radius 2 is 1.26 bits per heavy atom. The minimum absolute atomic E-state index is 0.247. The number of hydrogen-bond donors (Lipinski definition) is 2. The molecule has 1 unspecified atom stereocenters. The summed E-state index contributed by atoms with van der Waals surface area (Å²) in [7, 11) is 0. The second-order valence-electron chi connectivity index (χ2n) is 13.2. The molecule has 1 aliphatic carbocycles. The minimum atomic E-state index is -0.524. The Balaban J connectivity index is 1.11. The van der Waals surface area contributed by atoms with Crippen molar-refractivity contribution in [3.05, 3.63) is 215 Å². The largest absolute Gasteiger partial charge is 0.457 e. The molecule has 6 aromatic rings. The lowest BCUT2D eigenvalue weighted by atomic mass is 9.67. The van der Waals surface area contributed by atoms with Crippen LogP contribution in [0.5, 0.6) is 11.5 Å². The fraction of sp³-hybridized carbons (Fsp3) is 0.0652. The third-order valence-electron chi connectivity index (χ3n) is 10.4. The summed E-state index contributed by atoms with van der Waals surface area (Å²) in [6.07, 6.45) is 6.42. The van der Waals surface area contributed by atoms with E-state index in [9.17, 15) is 0 Å². The molecule has 1 spiro atoms. The molecule has 2 N–H and O–H groups in total. The molecule has 238 valence electrons. The highest BCUT2D eigenvalue weighted by molar-refractivity contribution is 6.13. The van der Waals surface area contributed by atoms with Gasteiger partial charge in [0, 0.05) is 34.6 Å². The van der Waals surface area contributed by atoms with E-state index in [2.05, 4.69) is 174 Å². The van der Waals surface area contributed by atoms with Gasteiger partial charge in [0.25, 0.3) is 0 Å². The molecule has 1 atom stereocenters. The number of aliphatic imine (C=N–C) groups is 1. The maximum Gasteiger partial charge on any atom is 0.145 e. The third-order valence-corrected chi connectivity index (χ3v) is 10.4. The minimum Gasteiger partial charge on any atom is -0.457 e. The summed E-state index contributed by atoms with van der Waals surface area (Å²) >= 11 is 0. The average Bonchev–Trinajstić information content (AvgIpc) is 3.48. The number of benzene rings is 6. The lowest BCUT2D eigenvalue weighted by Crippen LogP contribution is -2.39. The van der Waals surface area contributed by atoms with Crippen LogP contribution in [0.25, 0.3) is 22.4 Å². The highest BCUT2D eigenvalue weighted by atomic mass is 16.5. The Hall–Kier alpha value is -6.39. The number of hydrogen-bond acceptors (Lipinski definition) is 4. The fourth-order valence-electron chi connectivity index (χ4n) is 8.16. The van der Waals surface area contributed by atoms with Crippen LogP contribution < -0.4 is 15.4 Å². The zero-order valence-electron chi connectivity index (χ0n) is 27.3. The summed E-state index contributed by atoms with van der Waals surface area (Å²) in [6.45, 7) is 0.786. The van der Waals surface area contributed by atoms with Crippen LogP contribution in [-0.2, 0) is 5.41 Å². The quantitative estimate of drug-likeness (QED) is 0.201. The number of fused-ring (bicyclic) bond motifs is 8. The van der Waals surface area contributed by atoms with Crippen LogP contribution in [0.15, 0.2) is 181 Å². The predicted molar refractivity (Wildman–Crippen MR) is 202 cm³/mol. The van der Waals surface area contributed by atoms with Crippen LogP contribution in [0.1, 0.15) is 45.1 Å². The van der Waals surface area contributed by atoms with Crippen molar-refractivity contribution in [2.24, 2.45) is 4.99 Å². The first-order valence-electron chi connectivity index (χ1n) is 17.2. The molecule has 4 aliphatic rings. The first-order valence-corrected chi connectivity index (χ1v) is 17.2. The zero-order chi connectivity index (χ0) is 33.1. The zero-order valence-corrected chi connectivity index (χ0v) is 27.3. The van der Waals surface area contributed by atoms with Gasteiger partial charge in [0.2, 0.25) is 0 Å². The first kappa shape index (κ1) is 28.6. The monoisotopic (exact) mass is 643 g/mol. The van der Waals surface area contributed by atoms with E-state index in [4.69, 9.17) is 9.73 Å². The van der Waals surface area contributed by atoms with Crippen molar-refractivity contribution in [1.82, 2.24) is 10.6 Å². The number of rotatable bonds is 4. The van der Waals surface area contributed by atoms with Crippen LogP contribution in [0.3, 0.4) is 0 Å². The Bertz CT molecular complexity index is 2390. The lowest BCUT2D eigenvalue weighted by molar-refractivity contribution is 0.429. The first-order chi connectivity index (χ1) is 24.8. The number of dihydropyridines is 1. The number of allylic oxidation sites excluding steroid dienone is 4. The van der Waals surface area contributed by atoms with Crippen molar-refractivity contribution in [3.63, 3.8) is 0 Å². The summed E-state index contributed by atoms with van der Waals surface area (Å²) in [5.41, 5.74) is 14.5. The van der Waals surface area contributed by atoms with Crippen LogP contribution in [-0.4, -0.2) is 12.3 Å². The molecular weight excluding hydrogens is 611 g/mol. The van der Waals surface area contributed by atoms with Crippen molar-refractivity contribution in [3.8, 4) is 22.6 Å². The summed E-state index contributed by atoms with van der Waals surface area (Å²) in [5, 5.41) is 7.57. The SMILES string of the molecule is C1=CC2=C(NC1)C1(c3ccccc3Oc3ccccc31)c1cc(-c3cccc(C4N=C(c5ccccc5)C=C(c5ccccc5)N4)c3)ccc12. The molecule has 0 aromatic heterocycles. The average molecular weight is 644 g/mol. The molecule has 4 nitrogen and oxygen atoms in total. The normalized spacial score (nSPS) is 17.6. The van der Waals surface area contributed by atoms with Crippen LogP contribution in [0, 0.1) is 0 Å². The van der Waals surface area contributed by atoms with Crippen LogP contribution >= 0.6 is 0 Å². The van der Waals surface area contributed by atoms with Gasteiger partial charge in [0.15, 0.2) is 0 Å². The summed E-state index contributed by atoms with van der Waals surface area (Å²) in [5.74, 6) is 1.79. The highest BCUT2D eigenvalue weighted by Gasteiger charge is 2.52. The molecule has 3 aliphatic heterocycles. The topological polar surface area (TPSA) is 45.6 Å². The van der Waals surface area contributed by atoms with Crippen LogP contribution in [0.2, 0.25) is 0 Å². The van der Waals surface area contributed by atoms with E-state index in [0.717, 1.165) is 68.4 Å². The van der Waals surface area contributed by atoms with E-state index in [1.807, 2.05) is 6.07 Å². The van der Waals surface area contributed by atoms with Crippen molar-refractivity contribution < 1.29 is 4.74 Å². The van der Waals surface area contributed by atoms with Gasteiger partial charge in [0.05, 0.1) is 11.1 Å². The summed E-state index contributed by atoms with van der Waals surface area (Å²) in [4.78, 5) is 5.25. The number of nitrogens with one attached hydrogen (secondary N) is 2. The van der Waals surface area contributed by atoms with Gasteiger partial charge in [-0.2, -0.15) is 0 Å². The smallest absolute Gasteiger partial charge is 0.145 e. The van der Waals surface area contributed by atoms with Gasteiger partial charge < -0.3 is 15.4 Å². The van der Waals surface area contributed by atoms with Gasteiger partial charge >= 0.3 is 0 Å². The Kier molecular flexibility index (Phi) is 6.50. The molecule has 0 amide bonds. The molecule has 6 aromatic carbocycles. The van der Waals surface area contributed by atoms with Gasteiger partial charge in [0.1, 0.15) is 17.7 Å². The molecule has 0 radical (unpaired) electrons. The van der Waals surface area contributed by atoms with Gasteiger partial charge in [-0.1, -0.05) is 140 Å². The Labute approximate surface area is 291 Å². The molecule has 0 fully saturated rings. The van der Waals surface area contributed by atoms with Crippen molar-refractivity contribution in [2.45, 2.75) is 11.6 Å². The van der Waals surface area contributed by atoms with E-state index in [1.54, 1.807) is 0 Å². The van der Waals surface area contributed by atoms with Gasteiger partial charge in [-0.3, -0.25) is 4.99 Å². The standard InChI is InChI=1S/C46H33N3O/c1-3-13-30(14-4-1)40-29-41(31-15-5-2-6-16-31)49-45(48-40)34-18-11-17-32(27-34)33-24-25-35-36-19-12-26-47-44(36)46(39(35)28-33)37-20-7-9-22-42(37)50-43-23-10-8-21-38(43)46/h1-25,27-29,45,47-48H,26H2. The fourth-order valence-corrected chi connectivity index (χ4v) is 8.16. The Morgan fingerprint density at radius 1 is 0.600 bits per heavy atom. The third kappa shape index (κ3) is 4.35. The second kappa shape index (κ2) is 11.4. The molecule has 0 bridgehead atoms. The van der Waals surface area contributed by atoms with E-state index < -0.39 is 5.41 Å². The summed E-state index contributed by atoms with van der Waals surface area (Å²) < 4.78 is 6.55. The molecule has 0 saturated carbocycles. The lowest BCUT2D eigenvalue weighted by Gasteiger charge is -2.41. The van der Waals surface area contributed by atoms with E-state index in [1.165, 1.54) is 22.4 Å². The van der Waals surface area contributed by atoms with Crippen molar-refractivity contribution >= 4 is 17.0 Å². The van der Waals surface area contributed by atoms with Gasteiger partial charge in [-0.25, -0.2) is 0 Å². The van der Waals surface area contributed by atoms with Gasteiger partial charge in [-0.05, 0) is 69.3 Å². The number of ether oxygens (including phenoxy) is 1. The van der Waals surface area contributed by atoms with Gasteiger partial charge in [-0.15, -0.1) is 0 Å². The van der Waals surface area contributed by atoms with E-state index in [-0.39, 0.29) is 6.17 Å². The predicted octanol–water partition coefficient (Wildman–Crippen LogP) is 9.81. The van der Waals surface area contributed by atoms with E-state index in [0.29, 0.717) is 0 Å². The molecule has 0 saturated heterocycles. The van der Waals surface area contributed by atoms with E-state index >= 15 is 0 Å². The molecule has 10 rings (SSSR count). The molecule has 3 heterocycles. The highest BCUT2D eigenvalue weighted by Crippen LogP contribution is 2.61. The van der Waals surface area contributed by atoms with Crippen molar-refractivity contribution in [2.75, 3.05) is 6.54 Å². The number of nitrogens with zero attached hydrogens (tertiary/aromatic N) is 1. The maximum atomic E-state index is 6.55. The maximum absolute atomic E-state index is 6.55. The molecule has 50 heavy (non-hydrogen) atoms. The number of para-hydroxylation sites is 2. The second-order valence-corrected chi connectivity index (χ2v) is 13.2. The van der Waals surface area contributed by atoms with Crippen molar-refractivity contribution in [1.29, 1.82) is 0 Å². The molecular formula is C46H33N3O. The summed E-state index contributed by atoms with van der Waals surface area (Å²) in [6, 6.07) is 53.8. The van der Waals surface area contributed by atoms with Crippen LogP contribution in [0.4, 0.5) is 0 Å². The Morgan fingerprint density at radius 3 is 2.02 bits per heavy atom.